The molecule has 3 rings (SSSR count). The van der Waals surface area contributed by atoms with E-state index < -0.39 is 0 Å². The zero-order valence-electron chi connectivity index (χ0n) is 12.2. The number of hydrogen-bond donors (Lipinski definition) is 0. The zero-order valence-corrected chi connectivity index (χ0v) is 13.0. The fourth-order valence-electron chi connectivity index (χ4n) is 3.13. The third-order valence-electron chi connectivity index (χ3n) is 5.34. The molecule has 0 spiro atoms. The van der Waals surface area contributed by atoms with Crippen LogP contribution in [-0.4, -0.2) is 19.8 Å². The van der Waals surface area contributed by atoms with E-state index in [4.69, 9.17) is 11.6 Å². The van der Waals surface area contributed by atoms with Crippen molar-refractivity contribution >= 4 is 17.2 Å². The zero-order chi connectivity index (χ0) is 14.2. The van der Waals surface area contributed by atoms with Gasteiger partial charge in [0.1, 0.15) is 0 Å². The van der Waals surface area contributed by atoms with Gasteiger partial charge in [-0.1, -0.05) is 39.3 Å². The summed E-state index contributed by atoms with van der Waals surface area (Å²) in [7, 11) is 0. The van der Waals surface area contributed by atoms with Gasteiger partial charge in [-0.15, -0.1) is 10.2 Å². The van der Waals surface area contributed by atoms with Crippen LogP contribution in [0.5, 0.6) is 0 Å². The molecular weight excluding hydrogens is 260 g/mol. The first-order chi connectivity index (χ1) is 8.69. The molecule has 0 amide bonds. The molecule has 1 aliphatic carbocycles. The van der Waals surface area contributed by atoms with Crippen molar-refractivity contribution in [3.63, 3.8) is 0 Å². The summed E-state index contributed by atoms with van der Waals surface area (Å²) in [6.45, 7) is 13.0. The van der Waals surface area contributed by atoms with E-state index in [1.165, 1.54) is 0 Å². The molecule has 1 aliphatic rings. The van der Waals surface area contributed by atoms with Crippen LogP contribution in [0, 0.1) is 24.7 Å². The fraction of sp³-hybridized carbons (Fsp3) is 0.643. The van der Waals surface area contributed by atoms with Crippen molar-refractivity contribution in [2.24, 2.45) is 10.8 Å². The number of nitrogens with zero attached hydrogens (tertiary/aromatic N) is 4. The average Bonchev–Trinajstić information content (AvgIpc) is 2.64. The van der Waals surface area contributed by atoms with Crippen LogP contribution in [0.3, 0.4) is 0 Å². The SMILES string of the molecule is Cc1c(Cl)nn2c(C3C(C)(C)C3(C)C)nnc2c1C. The highest BCUT2D eigenvalue weighted by atomic mass is 35.5. The van der Waals surface area contributed by atoms with Gasteiger partial charge in [-0.05, 0) is 30.2 Å². The van der Waals surface area contributed by atoms with Crippen molar-refractivity contribution < 1.29 is 0 Å². The van der Waals surface area contributed by atoms with Crippen LogP contribution in [-0.2, 0) is 0 Å². The molecule has 0 saturated heterocycles. The summed E-state index contributed by atoms with van der Waals surface area (Å²) in [6, 6.07) is 0. The van der Waals surface area contributed by atoms with Crippen molar-refractivity contribution in [1.82, 2.24) is 19.8 Å². The molecule has 2 aromatic heterocycles. The Kier molecular flexibility index (Phi) is 2.35. The Labute approximate surface area is 118 Å². The molecular formula is C14H19ClN4. The van der Waals surface area contributed by atoms with Crippen LogP contribution in [0.2, 0.25) is 5.15 Å². The van der Waals surface area contributed by atoms with Gasteiger partial charge >= 0.3 is 0 Å². The molecule has 2 aromatic rings. The highest BCUT2D eigenvalue weighted by Gasteiger charge is 2.67. The second-order valence-electron chi connectivity index (χ2n) is 6.71. The normalized spacial score (nSPS) is 21.0. The van der Waals surface area contributed by atoms with Gasteiger partial charge in [-0.3, -0.25) is 0 Å². The standard InChI is InChI=1S/C14H19ClN4/c1-7-8(2)11-16-17-12(19(11)18-10(7)15)9-13(3,4)14(9,5)6/h9H,1-6H3. The number of aromatic nitrogens is 4. The summed E-state index contributed by atoms with van der Waals surface area (Å²) in [5.74, 6) is 1.29. The summed E-state index contributed by atoms with van der Waals surface area (Å²) in [6.07, 6.45) is 0. The molecule has 0 N–H and O–H groups in total. The van der Waals surface area contributed by atoms with Crippen LogP contribution in [0.1, 0.15) is 50.6 Å². The second-order valence-corrected chi connectivity index (χ2v) is 7.07. The minimum absolute atomic E-state index is 0.211. The van der Waals surface area contributed by atoms with E-state index in [9.17, 15) is 0 Å². The van der Waals surface area contributed by atoms with E-state index >= 15 is 0 Å². The molecule has 0 atom stereocenters. The van der Waals surface area contributed by atoms with E-state index in [1.807, 2.05) is 18.4 Å². The number of fused-ring (bicyclic) bond motifs is 1. The predicted molar refractivity (Wildman–Crippen MR) is 75.6 cm³/mol. The second kappa shape index (κ2) is 3.48. The summed E-state index contributed by atoms with van der Waals surface area (Å²) in [4.78, 5) is 0. The topological polar surface area (TPSA) is 43.1 Å². The Morgan fingerprint density at radius 2 is 1.58 bits per heavy atom. The first-order valence-corrected chi connectivity index (χ1v) is 6.95. The first-order valence-electron chi connectivity index (χ1n) is 6.57. The number of halogens is 1. The quantitative estimate of drug-likeness (QED) is 0.801. The van der Waals surface area contributed by atoms with Crippen LogP contribution in [0.15, 0.2) is 0 Å². The fourth-order valence-corrected chi connectivity index (χ4v) is 3.35. The predicted octanol–water partition coefficient (Wildman–Crippen LogP) is 3.54. The lowest BCUT2D eigenvalue weighted by atomic mass is 10.0. The van der Waals surface area contributed by atoms with Crippen molar-refractivity contribution in [2.45, 2.75) is 47.5 Å². The maximum absolute atomic E-state index is 6.20. The summed E-state index contributed by atoms with van der Waals surface area (Å²) in [5.41, 5.74) is 3.26. The van der Waals surface area contributed by atoms with Gasteiger partial charge in [-0.25, -0.2) is 0 Å². The van der Waals surface area contributed by atoms with Gasteiger partial charge in [0.25, 0.3) is 0 Å². The molecule has 0 aliphatic heterocycles. The maximum atomic E-state index is 6.20. The average molecular weight is 279 g/mol. The molecule has 0 aromatic carbocycles. The van der Waals surface area contributed by atoms with Gasteiger partial charge in [0.05, 0.1) is 0 Å². The van der Waals surface area contributed by atoms with Gasteiger partial charge in [-0.2, -0.15) is 9.61 Å². The largest absolute Gasteiger partial charge is 0.195 e. The van der Waals surface area contributed by atoms with Gasteiger partial charge in [0, 0.05) is 11.5 Å². The smallest absolute Gasteiger partial charge is 0.181 e. The van der Waals surface area contributed by atoms with E-state index in [-0.39, 0.29) is 10.8 Å². The number of rotatable bonds is 1. The Hall–Kier alpha value is -1.16. The van der Waals surface area contributed by atoms with Gasteiger partial charge in [0.15, 0.2) is 16.6 Å². The van der Waals surface area contributed by atoms with Crippen LogP contribution in [0.4, 0.5) is 0 Å². The van der Waals surface area contributed by atoms with Crippen molar-refractivity contribution in [1.29, 1.82) is 0 Å². The van der Waals surface area contributed by atoms with Crippen LogP contribution in [0.25, 0.3) is 5.65 Å². The molecule has 1 fully saturated rings. The van der Waals surface area contributed by atoms with E-state index in [2.05, 4.69) is 43.0 Å². The lowest BCUT2D eigenvalue weighted by molar-refractivity contribution is 0.457. The molecule has 2 heterocycles. The Morgan fingerprint density at radius 1 is 1.00 bits per heavy atom. The summed E-state index contributed by atoms with van der Waals surface area (Å²) >= 11 is 6.20. The number of hydrogen-bond acceptors (Lipinski definition) is 3. The lowest BCUT2D eigenvalue weighted by Gasteiger charge is -2.05. The van der Waals surface area contributed by atoms with E-state index in [0.717, 1.165) is 22.6 Å². The monoisotopic (exact) mass is 278 g/mol. The minimum atomic E-state index is 0.211. The molecule has 4 nitrogen and oxygen atoms in total. The Bertz CT molecular complexity index is 670. The summed E-state index contributed by atoms with van der Waals surface area (Å²) < 4.78 is 1.83. The van der Waals surface area contributed by atoms with Crippen LogP contribution >= 0.6 is 11.6 Å². The minimum Gasteiger partial charge on any atom is -0.195 e. The molecule has 0 radical (unpaired) electrons. The molecule has 19 heavy (non-hydrogen) atoms. The molecule has 0 unspecified atom stereocenters. The van der Waals surface area contributed by atoms with Gasteiger partial charge in [0.2, 0.25) is 0 Å². The van der Waals surface area contributed by atoms with Gasteiger partial charge < -0.3 is 0 Å². The Balaban J connectivity index is 2.24. The van der Waals surface area contributed by atoms with E-state index in [0.29, 0.717) is 11.1 Å². The first kappa shape index (κ1) is 12.9. The molecule has 0 bridgehead atoms. The Morgan fingerprint density at radius 3 is 2.11 bits per heavy atom. The van der Waals surface area contributed by atoms with E-state index in [1.54, 1.807) is 0 Å². The highest BCUT2D eigenvalue weighted by molar-refractivity contribution is 6.30. The molecule has 5 heteroatoms. The summed E-state index contributed by atoms with van der Waals surface area (Å²) in [5, 5.41) is 13.7. The molecule has 1 saturated carbocycles. The maximum Gasteiger partial charge on any atom is 0.181 e. The van der Waals surface area contributed by atoms with Crippen molar-refractivity contribution in [3.8, 4) is 0 Å². The van der Waals surface area contributed by atoms with Crippen molar-refractivity contribution in [3.05, 3.63) is 22.1 Å². The number of aryl methyl sites for hydroxylation is 1. The third kappa shape index (κ3) is 1.43. The third-order valence-corrected chi connectivity index (χ3v) is 5.70. The van der Waals surface area contributed by atoms with Crippen LogP contribution < -0.4 is 0 Å². The molecule has 102 valence electrons. The van der Waals surface area contributed by atoms with Crippen molar-refractivity contribution in [2.75, 3.05) is 0 Å². The highest BCUT2D eigenvalue weighted by Crippen LogP contribution is 2.73. The lowest BCUT2D eigenvalue weighted by Crippen LogP contribution is -2.04.